The number of hydrogen-bond acceptors (Lipinski definition) is 5. The molecule has 0 aliphatic carbocycles. The molecule has 0 radical (unpaired) electrons. The lowest BCUT2D eigenvalue weighted by Gasteiger charge is -2.21. The molecule has 1 atom stereocenters. The Kier molecular flexibility index (Phi) is 6.09. The van der Waals surface area contributed by atoms with E-state index < -0.39 is 14.6 Å². The largest absolute Gasteiger partial charge is 0.495 e. The van der Waals surface area contributed by atoms with Crippen molar-refractivity contribution in [2.24, 2.45) is 0 Å². The monoisotopic (exact) mass is 456 g/mol. The number of H-pyrrole nitrogens is 1. The zero-order valence-corrected chi connectivity index (χ0v) is 20.0. The molecule has 1 aliphatic heterocycles. The molecule has 6 nitrogen and oxygen atoms in total. The Balaban J connectivity index is 1.69. The highest BCUT2D eigenvalue weighted by Gasteiger charge is 2.33. The van der Waals surface area contributed by atoms with Crippen molar-refractivity contribution in [2.45, 2.75) is 55.8 Å². The zero-order valence-electron chi connectivity index (χ0n) is 19.2. The number of rotatable bonds is 6. The number of nitrogens with zero attached hydrogens (tertiary/aromatic N) is 1. The number of aliphatic hydroxyl groups is 1. The number of aromatic amines is 1. The van der Waals surface area contributed by atoms with E-state index in [1.807, 2.05) is 18.2 Å². The van der Waals surface area contributed by atoms with Crippen LogP contribution in [0.2, 0.25) is 0 Å². The first-order chi connectivity index (χ1) is 15.1. The van der Waals surface area contributed by atoms with Crippen LogP contribution in [-0.2, 0) is 16.4 Å². The first kappa shape index (κ1) is 22.8. The van der Waals surface area contributed by atoms with Crippen molar-refractivity contribution in [3.8, 4) is 16.9 Å². The van der Waals surface area contributed by atoms with Gasteiger partial charge in [-0.3, -0.25) is 4.90 Å². The van der Waals surface area contributed by atoms with Gasteiger partial charge in [0.25, 0.3) is 0 Å². The maximum atomic E-state index is 13.1. The molecule has 0 spiro atoms. The summed E-state index contributed by atoms with van der Waals surface area (Å²) in [5, 5.41) is 10.7. The second-order valence-electron chi connectivity index (χ2n) is 9.53. The summed E-state index contributed by atoms with van der Waals surface area (Å²) < 4.78 is 30.7. The second-order valence-corrected chi connectivity index (χ2v) is 12.2. The Morgan fingerprint density at radius 3 is 2.53 bits per heavy atom. The SMILES string of the molecule is COc1ccc(-c2ccc3[nH]c(CN4CCC[C@@H]4CO)cc3c2)cc1S(=O)(=O)C(C)(C)C. The average Bonchev–Trinajstić information content (AvgIpc) is 3.37. The smallest absolute Gasteiger partial charge is 0.186 e. The van der Waals surface area contributed by atoms with Gasteiger partial charge in [0.1, 0.15) is 10.6 Å². The summed E-state index contributed by atoms with van der Waals surface area (Å²) in [5.41, 5.74) is 3.94. The van der Waals surface area contributed by atoms with E-state index in [9.17, 15) is 13.5 Å². The fraction of sp³-hybridized carbons (Fsp3) is 0.440. The molecule has 32 heavy (non-hydrogen) atoms. The van der Waals surface area contributed by atoms with Crippen molar-refractivity contribution in [1.29, 1.82) is 0 Å². The Hall–Kier alpha value is -2.35. The van der Waals surface area contributed by atoms with Crippen LogP contribution in [-0.4, -0.2) is 54.5 Å². The van der Waals surface area contributed by atoms with Crippen molar-refractivity contribution >= 4 is 20.7 Å². The number of likely N-dealkylation sites (tertiary alicyclic amines) is 1. The summed E-state index contributed by atoms with van der Waals surface area (Å²) in [7, 11) is -2.07. The average molecular weight is 457 g/mol. The van der Waals surface area contributed by atoms with Crippen LogP contribution in [0.5, 0.6) is 5.75 Å². The van der Waals surface area contributed by atoms with Crippen LogP contribution in [0, 0.1) is 0 Å². The summed E-state index contributed by atoms with van der Waals surface area (Å²) in [6.45, 7) is 7.08. The number of methoxy groups -OCH3 is 1. The molecule has 3 aromatic rings. The summed E-state index contributed by atoms with van der Waals surface area (Å²) in [6.07, 6.45) is 2.16. The van der Waals surface area contributed by atoms with Crippen LogP contribution >= 0.6 is 0 Å². The molecule has 0 unspecified atom stereocenters. The first-order valence-corrected chi connectivity index (χ1v) is 12.5. The minimum atomic E-state index is -3.57. The van der Waals surface area contributed by atoms with Crippen LogP contribution < -0.4 is 4.74 Å². The number of fused-ring (bicyclic) bond motifs is 1. The number of ether oxygens (including phenoxy) is 1. The van der Waals surface area contributed by atoms with Gasteiger partial charge < -0.3 is 14.8 Å². The molecule has 0 amide bonds. The summed E-state index contributed by atoms with van der Waals surface area (Å²) in [5.74, 6) is 0.359. The Morgan fingerprint density at radius 1 is 1.12 bits per heavy atom. The molecule has 4 rings (SSSR count). The van der Waals surface area contributed by atoms with Crippen molar-refractivity contribution in [2.75, 3.05) is 20.3 Å². The molecule has 2 heterocycles. The molecule has 7 heteroatoms. The normalized spacial score (nSPS) is 17.8. The number of nitrogens with one attached hydrogen (secondary N) is 1. The molecular formula is C25H32N2O4S. The maximum absolute atomic E-state index is 13.1. The highest BCUT2D eigenvalue weighted by molar-refractivity contribution is 7.92. The van der Waals surface area contributed by atoms with E-state index in [1.54, 1.807) is 32.9 Å². The molecule has 0 saturated carbocycles. The first-order valence-electron chi connectivity index (χ1n) is 11.0. The Morgan fingerprint density at radius 2 is 1.84 bits per heavy atom. The van der Waals surface area contributed by atoms with Crippen molar-refractivity contribution in [1.82, 2.24) is 9.88 Å². The standard InChI is InChI=1S/C25H32N2O4S/c1-25(2,3)32(29,30)24-14-18(8-10-23(24)31-4)17-7-9-22-19(12-17)13-20(26-22)15-27-11-5-6-21(27)16-28/h7-10,12-14,21,26,28H,5-6,11,15-16H2,1-4H3/t21-/m1/s1. The van der Waals surface area contributed by atoms with E-state index in [2.05, 4.69) is 22.0 Å². The van der Waals surface area contributed by atoms with Gasteiger partial charge in [0.2, 0.25) is 0 Å². The number of hydrogen-bond donors (Lipinski definition) is 2. The van der Waals surface area contributed by atoms with Crippen LogP contribution in [0.25, 0.3) is 22.0 Å². The minimum absolute atomic E-state index is 0.196. The van der Waals surface area contributed by atoms with Gasteiger partial charge >= 0.3 is 0 Å². The molecule has 1 fully saturated rings. The van der Waals surface area contributed by atoms with Gasteiger partial charge in [-0.1, -0.05) is 12.1 Å². The highest BCUT2D eigenvalue weighted by Crippen LogP contribution is 2.36. The minimum Gasteiger partial charge on any atom is -0.495 e. The third-order valence-electron chi connectivity index (χ3n) is 6.35. The molecule has 172 valence electrons. The molecule has 2 aromatic carbocycles. The van der Waals surface area contributed by atoms with Gasteiger partial charge in [-0.15, -0.1) is 0 Å². The molecular weight excluding hydrogens is 424 g/mol. The zero-order chi connectivity index (χ0) is 23.1. The van der Waals surface area contributed by atoms with Gasteiger partial charge in [-0.25, -0.2) is 8.42 Å². The third kappa shape index (κ3) is 4.17. The maximum Gasteiger partial charge on any atom is 0.186 e. The van der Waals surface area contributed by atoms with E-state index in [4.69, 9.17) is 4.74 Å². The van der Waals surface area contributed by atoms with Gasteiger partial charge in [0, 0.05) is 29.2 Å². The molecule has 1 aliphatic rings. The van der Waals surface area contributed by atoms with E-state index >= 15 is 0 Å². The van der Waals surface area contributed by atoms with Crippen molar-refractivity contribution in [3.63, 3.8) is 0 Å². The van der Waals surface area contributed by atoms with Crippen molar-refractivity contribution < 1.29 is 18.3 Å². The number of aliphatic hydroxyl groups excluding tert-OH is 1. The molecule has 1 aromatic heterocycles. The summed E-state index contributed by atoms with van der Waals surface area (Å²) in [4.78, 5) is 6.01. The van der Waals surface area contributed by atoms with Crippen LogP contribution in [0.15, 0.2) is 47.4 Å². The van der Waals surface area contributed by atoms with Crippen LogP contribution in [0.4, 0.5) is 0 Å². The topological polar surface area (TPSA) is 82.6 Å². The Bertz CT molecular complexity index is 1220. The van der Waals surface area contributed by atoms with Gasteiger partial charge in [-0.05, 0) is 81.6 Å². The lowest BCUT2D eigenvalue weighted by atomic mass is 10.0. The van der Waals surface area contributed by atoms with E-state index in [0.717, 1.165) is 53.7 Å². The quantitative estimate of drug-likeness (QED) is 0.575. The van der Waals surface area contributed by atoms with Gasteiger partial charge in [0.05, 0.1) is 18.5 Å². The molecule has 2 N–H and O–H groups in total. The summed E-state index contributed by atoms with van der Waals surface area (Å²) >= 11 is 0. The van der Waals surface area contributed by atoms with Gasteiger partial charge in [0.15, 0.2) is 9.84 Å². The fourth-order valence-corrected chi connectivity index (χ4v) is 5.74. The van der Waals surface area contributed by atoms with E-state index in [1.165, 1.54) is 7.11 Å². The number of sulfone groups is 1. The molecule has 1 saturated heterocycles. The van der Waals surface area contributed by atoms with Crippen LogP contribution in [0.3, 0.4) is 0 Å². The van der Waals surface area contributed by atoms with Crippen LogP contribution in [0.1, 0.15) is 39.3 Å². The molecule has 0 bridgehead atoms. The van der Waals surface area contributed by atoms with E-state index in [0.29, 0.717) is 5.75 Å². The Labute approximate surface area is 190 Å². The number of aromatic nitrogens is 1. The lowest BCUT2D eigenvalue weighted by molar-refractivity contribution is 0.152. The number of benzene rings is 2. The predicted octanol–water partition coefficient (Wildman–Crippen LogP) is 4.37. The van der Waals surface area contributed by atoms with Crippen molar-refractivity contribution in [3.05, 3.63) is 48.2 Å². The van der Waals surface area contributed by atoms with E-state index in [-0.39, 0.29) is 17.5 Å². The highest BCUT2D eigenvalue weighted by atomic mass is 32.2. The lowest BCUT2D eigenvalue weighted by Crippen LogP contribution is -2.31. The third-order valence-corrected chi connectivity index (χ3v) is 8.86. The fourth-order valence-electron chi connectivity index (χ4n) is 4.38. The summed E-state index contributed by atoms with van der Waals surface area (Å²) in [6, 6.07) is 13.8. The second kappa shape index (κ2) is 8.54. The van der Waals surface area contributed by atoms with Gasteiger partial charge in [-0.2, -0.15) is 0 Å². The predicted molar refractivity (Wildman–Crippen MR) is 128 cm³/mol.